The molecule has 0 aliphatic heterocycles. The number of aliphatic hydroxyl groups excluding tert-OH is 1. The van der Waals surface area contributed by atoms with Crippen LogP contribution in [0.5, 0.6) is 11.5 Å². The van der Waals surface area contributed by atoms with Crippen LogP contribution in [0.15, 0.2) is 17.7 Å². The Morgan fingerprint density at radius 2 is 2.00 bits per heavy atom. The van der Waals surface area contributed by atoms with Crippen molar-refractivity contribution in [1.82, 2.24) is 0 Å². The van der Waals surface area contributed by atoms with Crippen molar-refractivity contribution in [1.29, 1.82) is 0 Å². The highest BCUT2D eigenvalue weighted by Crippen LogP contribution is 2.47. The summed E-state index contributed by atoms with van der Waals surface area (Å²) in [6.45, 7) is 9.61. The van der Waals surface area contributed by atoms with Gasteiger partial charge in [-0.15, -0.1) is 0 Å². The van der Waals surface area contributed by atoms with Gasteiger partial charge in [0.05, 0.1) is 11.7 Å². The molecule has 0 spiro atoms. The summed E-state index contributed by atoms with van der Waals surface area (Å²) in [7, 11) is 0. The Bertz CT molecular complexity index is 795. The van der Waals surface area contributed by atoms with Crippen molar-refractivity contribution in [2.45, 2.75) is 66.4 Å². The van der Waals surface area contributed by atoms with Gasteiger partial charge in [-0.05, 0) is 61.6 Å². The van der Waals surface area contributed by atoms with Crippen LogP contribution in [0, 0.1) is 24.2 Å². The number of benzene rings is 1. The van der Waals surface area contributed by atoms with Gasteiger partial charge in [0.25, 0.3) is 0 Å². The molecule has 1 saturated carbocycles. The Kier molecular flexibility index (Phi) is 6.71. The summed E-state index contributed by atoms with van der Waals surface area (Å²) >= 11 is 0. The first-order chi connectivity index (χ1) is 13.0. The van der Waals surface area contributed by atoms with Crippen LogP contribution >= 0.6 is 0 Å². The molecule has 2 rings (SSSR count). The molecular weight excluding hydrogens is 356 g/mol. The zero-order valence-corrected chi connectivity index (χ0v) is 17.5. The molecule has 0 amide bonds. The van der Waals surface area contributed by atoms with Gasteiger partial charge < -0.3 is 15.3 Å². The van der Waals surface area contributed by atoms with Gasteiger partial charge in [-0.25, -0.2) is 0 Å². The van der Waals surface area contributed by atoms with Gasteiger partial charge >= 0.3 is 0 Å². The fourth-order valence-corrected chi connectivity index (χ4v) is 4.24. The fraction of sp³-hybridized carbons (Fsp3) is 0.565. The predicted molar refractivity (Wildman–Crippen MR) is 109 cm³/mol. The Morgan fingerprint density at radius 3 is 2.61 bits per heavy atom. The van der Waals surface area contributed by atoms with Gasteiger partial charge in [0, 0.05) is 17.9 Å². The first kappa shape index (κ1) is 22.2. The Hall–Kier alpha value is -2.14. The number of carbonyl (C=O) groups is 2. The average Bonchev–Trinajstić information content (AvgIpc) is 2.63. The van der Waals surface area contributed by atoms with Gasteiger partial charge in [-0.1, -0.05) is 26.8 Å². The minimum absolute atomic E-state index is 0.0776. The van der Waals surface area contributed by atoms with E-state index in [-0.39, 0.29) is 46.2 Å². The number of aliphatic hydroxyl groups is 1. The van der Waals surface area contributed by atoms with E-state index in [1.165, 1.54) is 6.07 Å². The number of aromatic hydroxyl groups is 2. The van der Waals surface area contributed by atoms with Crippen molar-refractivity contribution in [2.75, 3.05) is 0 Å². The van der Waals surface area contributed by atoms with Gasteiger partial charge in [0.15, 0.2) is 6.29 Å². The van der Waals surface area contributed by atoms with E-state index >= 15 is 0 Å². The summed E-state index contributed by atoms with van der Waals surface area (Å²) in [5, 5.41) is 31.2. The SMILES string of the molecule is CC(=CCc1c(O)cc(C)c(C=O)c1O)[C@H](O)C[C@@]1(C)[C@H](C)C(=O)CC[C@@H]1C. The largest absolute Gasteiger partial charge is 0.508 e. The van der Waals surface area contributed by atoms with Gasteiger partial charge in [-0.2, -0.15) is 0 Å². The molecule has 28 heavy (non-hydrogen) atoms. The maximum atomic E-state index is 12.2. The summed E-state index contributed by atoms with van der Waals surface area (Å²) in [5.41, 5.74) is 1.37. The quantitative estimate of drug-likeness (QED) is 0.504. The maximum Gasteiger partial charge on any atom is 0.154 e. The molecule has 0 aromatic heterocycles. The number of Topliss-reactive ketones (excluding diaryl/α,β-unsaturated/α-hetero) is 1. The molecule has 4 atom stereocenters. The second-order valence-electron chi connectivity index (χ2n) is 8.58. The summed E-state index contributed by atoms with van der Waals surface area (Å²) in [4.78, 5) is 23.4. The molecule has 5 heteroatoms. The summed E-state index contributed by atoms with van der Waals surface area (Å²) in [6.07, 6.45) is 3.73. The molecule has 1 fully saturated rings. The molecule has 0 radical (unpaired) electrons. The van der Waals surface area contributed by atoms with Gasteiger partial charge in [0.1, 0.15) is 17.3 Å². The number of carbonyl (C=O) groups excluding carboxylic acids is 2. The first-order valence-corrected chi connectivity index (χ1v) is 9.89. The van der Waals surface area contributed by atoms with Crippen LogP contribution in [0.1, 0.15) is 68.4 Å². The van der Waals surface area contributed by atoms with Crippen molar-refractivity contribution in [3.8, 4) is 11.5 Å². The van der Waals surface area contributed by atoms with Crippen LogP contribution in [-0.4, -0.2) is 33.5 Å². The molecule has 1 aliphatic rings. The molecule has 0 heterocycles. The number of aryl methyl sites for hydroxylation is 1. The van der Waals surface area contributed by atoms with Gasteiger partial charge in [-0.3, -0.25) is 9.59 Å². The van der Waals surface area contributed by atoms with E-state index in [0.717, 1.165) is 6.42 Å². The Morgan fingerprint density at radius 1 is 1.36 bits per heavy atom. The molecule has 0 bridgehead atoms. The number of rotatable bonds is 6. The second-order valence-corrected chi connectivity index (χ2v) is 8.58. The summed E-state index contributed by atoms with van der Waals surface area (Å²) < 4.78 is 0. The highest BCUT2D eigenvalue weighted by molar-refractivity contribution is 5.83. The first-order valence-electron chi connectivity index (χ1n) is 9.89. The zero-order chi connectivity index (χ0) is 21.2. The zero-order valence-electron chi connectivity index (χ0n) is 17.5. The molecule has 3 N–H and O–H groups in total. The number of ketones is 1. The van der Waals surface area contributed by atoms with Crippen LogP contribution < -0.4 is 0 Å². The second kappa shape index (κ2) is 8.48. The molecule has 1 aliphatic carbocycles. The number of allylic oxidation sites excluding steroid dienone is 1. The van der Waals surface area contributed by atoms with Crippen LogP contribution in [0.25, 0.3) is 0 Å². The monoisotopic (exact) mass is 388 g/mol. The van der Waals surface area contributed by atoms with Crippen LogP contribution in [-0.2, 0) is 11.2 Å². The number of aldehydes is 1. The average molecular weight is 389 g/mol. The third-order valence-electron chi connectivity index (χ3n) is 6.95. The molecule has 5 nitrogen and oxygen atoms in total. The smallest absolute Gasteiger partial charge is 0.154 e. The third kappa shape index (κ3) is 4.14. The topological polar surface area (TPSA) is 94.8 Å². The van der Waals surface area contributed by atoms with Crippen molar-refractivity contribution in [2.24, 2.45) is 17.3 Å². The minimum atomic E-state index is -0.721. The van der Waals surface area contributed by atoms with Gasteiger partial charge in [0.2, 0.25) is 0 Å². The van der Waals surface area contributed by atoms with E-state index in [9.17, 15) is 24.9 Å². The van der Waals surface area contributed by atoms with E-state index in [2.05, 4.69) is 13.8 Å². The molecule has 1 aromatic carbocycles. The number of phenols is 2. The Labute approximate surface area is 167 Å². The fourth-order valence-electron chi connectivity index (χ4n) is 4.24. The lowest BCUT2D eigenvalue weighted by Gasteiger charge is -2.45. The van der Waals surface area contributed by atoms with Crippen molar-refractivity contribution < 1.29 is 24.9 Å². The Balaban J connectivity index is 2.20. The molecule has 1 aromatic rings. The predicted octanol–water partition coefficient (Wildman–Crippen LogP) is 4.10. The van der Waals surface area contributed by atoms with E-state index in [1.54, 1.807) is 19.9 Å². The molecule has 0 unspecified atom stereocenters. The highest BCUT2D eigenvalue weighted by Gasteiger charge is 2.44. The highest BCUT2D eigenvalue weighted by atomic mass is 16.3. The van der Waals surface area contributed by atoms with E-state index in [0.29, 0.717) is 36.2 Å². The van der Waals surface area contributed by atoms with Crippen molar-refractivity contribution >= 4 is 12.1 Å². The van der Waals surface area contributed by atoms with Crippen molar-refractivity contribution in [3.05, 3.63) is 34.4 Å². The standard InChI is InChI=1S/C23H32O5/c1-13(6-8-17-20(26)10-14(2)18(12-24)22(17)28)21(27)11-23(5)15(3)7-9-19(25)16(23)4/h6,10,12,15-16,21,26-28H,7-9,11H2,1-5H3/t15-,16+,21+,23+/m0/s1. The van der Waals surface area contributed by atoms with Crippen LogP contribution in [0.4, 0.5) is 0 Å². The summed E-state index contributed by atoms with van der Waals surface area (Å²) in [6, 6.07) is 1.45. The lowest BCUT2D eigenvalue weighted by molar-refractivity contribution is -0.133. The van der Waals surface area contributed by atoms with Crippen LogP contribution in [0.3, 0.4) is 0 Å². The maximum absolute atomic E-state index is 12.2. The van der Waals surface area contributed by atoms with E-state index in [4.69, 9.17) is 0 Å². The van der Waals surface area contributed by atoms with Crippen molar-refractivity contribution in [3.63, 3.8) is 0 Å². The molecule has 154 valence electrons. The third-order valence-corrected chi connectivity index (χ3v) is 6.95. The van der Waals surface area contributed by atoms with E-state index in [1.807, 2.05) is 6.92 Å². The number of hydrogen-bond donors (Lipinski definition) is 3. The normalized spacial score (nSPS) is 26.9. The lowest BCUT2D eigenvalue weighted by atomic mass is 9.59. The summed E-state index contributed by atoms with van der Waals surface area (Å²) in [5.74, 6) is 0.191. The van der Waals surface area contributed by atoms with E-state index < -0.39 is 6.10 Å². The molecule has 0 saturated heterocycles. The number of hydrogen-bond acceptors (Lipinski definition) is 5. The van der Waals surface area contributed by atoms with Crippen LogP contribution in [0.2, 0.25) is 0 Å². The minimum Gasteiger partial charge on any atom is -0.508 e. The lowest BCUT2D eigenvalue weighted by Crippen LogP contribution is -2.43. The molecular formula is C23H32O5. The number of phenolic OH excluding ortho intramolecular Hbond substituents is 2.